The number of carboxylic acids is 1. The van der Waals surface area contributed by atoms with Gasteiger partial charge in [-0.25, -0.2) is 8.42 Å². The summed E-state index contributed by atoms with van der Waals surface area (Å²) in [6, 6.07) is 13.1. The average Bonchev–Trinajstić information content (AvgIpc) is 3.33. The van der Waals surface area contributed by atoms with Gasteiger partial charge in [0.15, 0.2) is 9.84 Å². The summed E-state index contributed by atoms with van der Waals surface area (Å²) in [4.78, 5) is 11.0. The van der Waals surface area contributed by atoms with Crippen molar-refractivity contribution in [2.24, 2.45) is 5.92 Å². The first-order chi connectivity index (χ1) is 11.4. The van der Waals surface area contributed by atoms with Gasteiger partial charge >= 0.3 is 5.97 Å². The Kier molecular flexibility index (Phi) is 4.57. The van der Waals surface area contributed by atoms with Crippen LogP contribution in [-0.4, -0.2) is 25.2 Å². The Hall–Kier alpha value is -2.34. The summed E-state index contributed by atoms with van der Waals surface area (Å²) in [5.41, 5.74) is 0.691. The Morgan fingerprint density at radius 3 is 2.04 bits per heavy atom. The third-order valence-electron chi connectivity index (χ3n) is 3.85. The Balaban J connectivity index is 1.66. The number of carbonyl (C=O) groups is 1. The number of hydrogen-bond acceptors (Lipinski definition) is 4. The van der Waals surface area contributed by atoms with E-state index >= 15 is 0 Å². The van der Waals surface area contributed by atoms with Gasteiger partial charge < -0.3 is 9.84 Å². The first-order valence-corrected chi connectivity index (χ1v) is 9.39. The highest BCUT2D eigenvalue weighted by Gasteiger charge is 2.28. The second-order valence-electron chi connectivity index (χ2n) is 6.01. The van der Waals surface area contributed by atoms with Gasteiger partial charge in [-0.1, -0.05) is 12.1 Å². The van der Waals surface area contributed by atoms with E-state index in [0.29, 0.717) is 27.9 Å². The minimum atomic E-state index is -3.21. The number of sulfone groups is 1. The van der Waals surface area contributed by atoms with Gasteiger partial charge in [0.1, 0.15) is 11.5 Å². The zero-order valence-corrected chi connectivity index (χ0v) is 13.8. The Bertz CT molecular complexity index is 819. The molecule has 1 saturated carbocycles. The van der Waals surface area contributed by atoms with Crippen LogP contribution in [-0.2, 0) is 21.1 Å². The van der Waals surface area contributed by atoms with Crippen molar-refractivity contribution in [1.82, 2.24) is 0 Å². The molecule has 0 saturated heterocycles. The van der Waals surface area contributed by atoms with Crippen LogP contribution in [0.1, 0.15) is 18.4 Å². The molecule has 0 bridgehead atoms. The van der Waals surface area contributed by atoms with Crippen LogP contribution in [0.3, 0.4) is 0 Å². The van der Waals surface area contributed by atoms with E-state index in [-0.39, 0.29) is 12.2 Å². The smallest absolute Gasteiger partial charge is 0.307 e. The maximum Gasteiger partial charge on any atom is 0.307 e. The summed E-state index contributed by atoms with van der Waals surface area (Å²) in [5.74, 6) is 0.754. The third kappa shape index (κ3) is 4.35. The molecule has 0 heterocycles. The minimum Gasteiger partial charge on any atom is -0.481 e. The summed E-state index contributed by atoms with van der Waals surface area (Å²) in [6.07, 6.45) is 1.96. The molecule has 5 nitrogen and oxygen atoms in total. The van der Waals surface area contributed by atoms with Crippen molar-refractivity contribution in [1.29, 1.82) is 0 Å². The van der Waals surface area contributed by atoms with E-state index in [0.717, 1.165) is 12.8 Å². The van der Waals surface area contributed by atoms with Crippen LogP contribution in [0, 0.1) is 5.92 Å². The first-order valence-electron chi connectivity index (χ1n) is 7.74. The number of carboxylic acid groups (broad SMARTS) is 1. The van der Waals surface area contributed by atoms with Gasteiger partial charge in [0.2, 0.25) is 0 Å². The molecular formula is C18H18O5S. The molecule has 6 heteroatoms. The number of benzene rings is 2. The van der Waals surface area contributed by atoms with Gasteiger partial charge in [-0.15, -0.1) is 0 Å². The molecule has 24 heavy (non-hydrogen) atoms. The third-order valence-corrected chi connectivity index (χ3v) is 5.75. The van der Waals surface area contributed by atoms with Crippen molar-refractivity contribution in [3.05, 3.63) is 54.1 Å². The maximum atomic E-state index is 12.2. The predicted octanol–water partition coefficient (Wildman–Crippen LogP) is 3.29. The highest BCUT2D eigenvalue weighted by Crippen LogP contribution is 2.32. The van der Waals surface area contributed by atoms with Crippen LogP contribution in [0.25, 0.3) is 0 Å². The lowest BCUT2D eigenvalue weighted by Crippen LogP contribution is -2.08. The molecule has 0 aliphatic heterocycles. The molecule has 2 aromatic carbocycles. The zero-order valence-electron chi connectivity index (χ0n) is 13.0. The van der Waals surface area contributed by atoms with Crippen LogP contribution in [0.2, 0.25) is 0 Å². The molecule has 1 aliphatic carbocycles. The Morgan fingerprint density at radius 2 is 1.54 bits per heavy atom. The molecular weight excluding hydrogens is 328 g/mol. The summed E-state index contributed by atoms with van der Waals surface area (Å²) in [5, 5.41) is 8.74. The van der Waals surface area contributed by atoms with Crippen molar-refractivity contribution in [3.8, 4) is 11.5 Å². The monoisotopic (exact) mass is 346 g/mol. The quantitative estimate of drug-likeness (QED) is 0.832. The van der Waals surface area contributed by atoms with Gasteiger partial charge in [0.05, 0.1) is 17.1 Å². The fourth-order valence-electron chi connectivity index (χ4n) is 2.39. The first kappa shape index (κ1) is 16.5. The molecule has 126 valence electrons. The standard InChI is InChI=1S/C18H18O5S/c19-18(20)11-13-3-5-15(6-4-13)23-16-7-9-17(10-8-16)24(21,22)12-14-1-2-14/h3-10,14H,1-2,11-12H2,(H,19,20). The summed E-state index contributed by atoms with van der Waals surface area (Å²) in [7, 11) is -3.21. The molecule has 3 rings (SSSR count). The van der Waals surface area contributed by atoms with Crippen LogP contribution in [0.5, 0.6) is 11.5 Å². The van der Waals surface area contributed by atoms with Gasteiger partial charge in [-0.3, -0.25) is 4.79 Å². The largest absolute Gasteiger partial charge is 0.481 e. The van der Waals surface area contributed by atoms with Crippen LogP contribution >= 0.6 is 0 Å². The van der Waals surface area contributed by atoms with E-state index in [4.69, 9.17) is 9.84 Å². The summed E-state index contributed by atoms with van der Waals surface area (Å²) < 4.78 is 30.0. The van der Waals surface area contributed by atoms with Crippen LogP contribution in [0.4, 0.5) is 0 Å². The van der Waals surface area contributed by atoms with E-state index < -0.39 is 15.8 Å². The Morgan fingerprint density at radius 1 is 1.00 bits per heavy atom. The molecule has 0 spiro atoms. The normalized spacial score (nSPS) is 14.3. The molecule has 0 aromatic heterocycles. The van der Waals surface area contributed by atoms with Gasteiger partial charge in [0, 0.05) is 0 Å². The minimum absolute atomic E-state index is 0.0339. The zero-order chi connectivity index (χ0) is 17.2. The van der Waals surface area contributed by atoms with E-state index in [1.165, 1.54) is 0 Å². The number of aliphatic carboxylic acids is 1. The van der Waals surface area contributed by atoms with Gasteiger partial charge in [0.25, 0.3) is 0 Å². The highest BCUT2D eigenvalue weighted by molar-refractivity contribution is 7.91. The fraction of sp³-hybridized carbons (Fsp3) is 0.278. The molecule has 0 atom stereocenters. The van der Waals surface area contributed by atoms with Gasteiger partial charge in [-0.05, 0) is 60.7 Å². The second kappa shape index (κ2) is 6.65. The lowest BCUT2D eigenvalue weighted by molar-refractivity contribution is -0.136. The van der Waals surface area contributed by atoms with Crippen molar-refractivity contribution < 1.29 is 23.1 Å². The summed E-state index contributed by atoms with van der Waals surface area (Å²) in [6.45, 7) is 0. The van der Waals surface area contributed by atoms with Crippen molar-refractivity contribution in [2.75, 3.05) is 5.75 Å². The number of ether oxygens (including phenoxy) is 1. The average molecular weight is 346 g/mol. The number of hydrogen-bond donors (Lipinski definition) is 1. The topological polar surface area (TPSA) is 80.7 Å². The van der Waals surface area contributed by atoms with E-state index in [2.05, 4.69) is 0 Å². The molecule has 1 N–H and O–H groups in total. The molecule has 2 aromatic rings. The fourth-order valence-corrected chi connectivity index (χ4v) is 4.09. The van der Waals surface area contributed by atoms with Crippen LogP contribution in [0.15, 0.2) is 53.4 Å². The van der Waals surface area contributed by atoms with E-state index in [1.807, 2.05) is 0 Å². The SMILES string of the molecule is O=C(O)Cc1ccc(Oc2ccc(S(=O)(=O)CC3CC3)cc2)cc1. The Labute approximate surface area is 140 Å². The lowest BCUT2D eigenvalue weighted by atomic mass is 10.1. The molecule has 1 fully saturated rings. The van der Waals surface area contributed by atoms with E-state index in [1.54, 1.807) is 48.5 Å². The van der Waals surface area contributed by atoms with E-state index in [9.17, 15) is 13.2 Å². The highest BCUT2D eigenvalue weighted by atomic mass is 32.2. The second-order valence-corrected chi connectivity index (χ2v) is 8.05. The van der Waals surface area contributed by atoms with Crippen molar-refractivity contribution >= 4 is 15.8 Å². The van der Waals surface area contributed by atoms with Gasteiger partial charge in [-0.2, -0.15) is 0 Å². The molecule has 0 amide bonds. The maximum absolute atomic E-state index is 12.2. The van der Waals surface area contributed by atoms with Crippen molar-refractivity contribution in [2.45, 2.75) is 24.2 Å². The predicted molar refractivity (Wildman–Crippen MR) is 89.1 cm³/mol. The molecule has 0 unspecified atom stereocenters. The molecule has 0 radical (unpaired) electrons. The molecule has 1 aliphatic rings. The summed E-state index contributed by atoms with van der Waals surface area (Å²) >= 11 is 0. The lowest BCUT2D eigenvalue weighted by Gasteiger charge is -2.08. The van der Waals surface area contributed by atoms with Crippen LogP contribution < -0.4 is 4.74 Å². The van der Waals surface area contributed by atoms with Crippen molar-refractivity contribution in [3.63, 3.8) is 0 Å². The number of rotatable bonds is 7.